The van der Waals surface area contributed by atoms with Gasteiger partial charge in [0.15, 0.2) is 0 Å². The third-order valence-corrected chi connectivity index (χ3v) is 2.16. The van der Waals surface area contributed by atoms with Crippen LogP contribution in [0.3, 0.4) is 0 Å². The van der Waals surface area contributed by atoms with E-state index in [4.69, 9.17) is 19.2 Å². The smallest absolute Gasteiger partial charge is 0.376 e. The molecule has 0 bridgehead atoms. The number of benzene rings is 1. The normalized spacial score (nSPS) is 10.3. The number of carbonyl (C=O) groups excluding carboxylic acids is 1. The molecule has 0 spiro atoms. The van der Waals surface area contributed by atoms with Crippen LogP contribution in [-0.2, 0) is 9.78 Å². The van der Waals surface area contributed by atoms with Gasteiger partial charge in [-0.05, 0) is 18.1 Å². The number of hydrogen-bond donors (Lipinski definition) is 0. The minimum Gasteiger partial charge on any atom is -0.497 e. The predicted octanol–water partition coefficient (Wildman–Crippen LogP) is 2.45. The van der Waals surface area contributed by atoms with E-state index in [-0.39, 0.29) is 5.92 Å². The summed E-state index contributed by atoms with van der Waals surface area (Å²) in [5.41, 5.74) is 0.294. The number of hydrogen-bond acceptors (Lipinski definition) is 5. The summed E-state index contributed by atoms with van der Waals surface area (Å²) in [4.78, 5) is 21.3. The van der Waals surface area contributed by atoms with E-state index in [0.29, 0.717) is 23.7 Å². The van der Waals surface area contributed by atoms with Gasteiger partial charge in [-0.15, -0.1) is 0 Å². The van der Waals surface area contributed by atoms with Gasteiger partial charge in [0, 0.05) is 6.07 Å². The number of rotatable bonds is 6. The average Bonchev–Trinajstić information content (AvgIpc) is 2.37. The molecule has 5 heteroatoms. The second-order valence-corrected chi connectivity index (χ2v) is 4.12. The van der Waals surface area contributed by atoms with Crippen molar-refractivity contribution < 1.29 is 24.0 Å². The lowest BCUT2D eigenvalue weighted by Gasteiger charge is -2.10. The quantitative estimate of drug-likeness (QED) is 0.576. The summed E-state index contributed by atoms with van der Waals surface area (Å²) >= 11 is 0. The molecule has 0 saturated heterocycles. The maximum Gasteiger partial charge on any atom is 0.376 e. The zero-order valence-corrected chi connectivity index (χ0v) is 11.1. The van der Waals surface area contributed by atoms with Crippen molar-refractivity contribution in [2.75, 3.05) is 20.8 Å². The van der Waals surface area contributed by atoms with Crippen molar-refractivity contribution in [2.45, 2.75) is 13.8 Å². The highest BCUT2D eigenvalue weighted by Crippen LogP contribution is 2.25. The fourth-order valence-corrected chi connectivity index (χ4v) is 1.24. The van der Waals surface area contributed by atoms with Crippen LogP contribution in [0.4, 0.5) is 0 Å². The molecule has 0 aromatic heterocycles. The summed E-state index contributed by atoms with van der Waals surface area (Å²) in [6.45, 7) is 4.27. The first-order valence-electron chi connectivity index (χ1n) is 5.64. The Hall–Kier alpha value is -1.75. The lowest BCUT2D eigenvalue weighted by molar-refractivity contribution is -0.247. The van der Waals surface area contributed by atoms with Crippen molar-refractivity contribution in [3.8, 4) is 11.5 Å². The Bertz CT molecular complexity index is 400. The van der Waals surface area contributed by atoms with Crippen LogP contribution in [0, 0.1) is 5.92 Å². The van der Waals surface area contributed by atoms with E-state index in [9.17, 15) is 4.79 Å². The Labute approximate surface area is 107 Å². The first-order chi connectivity index (χ1) is 8.58. The maximum absolute atomic E-state index is 11.7. The van der Waals surface area contributed by atoms with Gasteiger partial charge in [0.1, 0.15) is 17.1 Å². The third-order valence-electron chi connectivity index (χ3n) is 2.16. The largest absolute Gasteiger partial charge is 0.497 e. The minimum atomic E-state index is -0.588. The van der Waals surface area contributed by atoms with Crippen molar-refractivity contribution in [1.29, 1.82) is 0 Å². The molecule has 0 amide bonds. The van der Waals surface area contributed by atoms with Crippen molar-refractivity contribution in [2.24, 2.45) is 5.92 Å². The van der Waals surface area contributed by atoms with E-state index < -0.39 is 5.97 Å². The monoisotopic (exact) mass is 254 g/mol. The molecule has 0 aliphatic carbocycles. The lowest BCUT2D eigenvalue weighted by Crippen LogP contribution is -2.10. The highest BCUT2D eigenvalue weighted by molar-refractivity contribution is 5.92. The van der Waals surface area contributed by atoms with Gasteiger partial charge >= 0.3 is 5.97 Å². The number of methoxy groups -OCH3 is 2. The van der Waals surface area contributed by atoms with Gasteiger partial charge in [0.2, 0.25) is 0 Å². The molecule has 0 aliphatic rings. The minimum absolute atomic E-state index is 0.288. The van der Waals surface area contributed by atoms with Crippen LogP contribution < -0.4 is 9.47 Å². The molecular formula is C13H18O5. The molecular weight excluding hydrogens is 236 g/mol. The molecule has 1 aromatic carbocycles. The van der Waals surface area contributed by atoms with Crippen LogP contribution in [0.15, 0.2) is 18.2 Å². The van der Waals surface area contributed by atoms with E-state index in [1.165, 1.54) is 7.11 Å². The molecule has 0 radical (unpaired) electrons. The standard InChI is InChI=1S/C13H18O5/c1-9(2)8-17-18-13(14)11-6-5-10(15-3)7-12(11)16-4/h5-7,9H,8H2,1-4H3. The summed E-state index contributed by atoms with van der Waals surface area (Å²) in [5.74, 6) is 0.685. The highest BCUT2D eigenvalue weighted by Gasteiger charge is 2.16. The van der Waals surface area contributed by atoms with Gasteiger partial charge in [-0.3, -0.25) is 4.89 Å². The molecule has 0 fully saturated rings. The molecule has 1 aromatic rings. The molecule has 5 nitrogen and oxygen atoms in total. The van der Waals surface area contributed by atoms with Crippen LogP contribution in [-0.4, -0.2) is 26.8 Å². The fourth-order valence-electron chi connectivity index (χ4n) is 1.24. The van der Waals surface area contributed by atoms with E-state index in [0.717, 1.165) is 0 Å². The topological polar surface area (TPSA) is 54.0 Å². The summed E-state index contributed by atoms with van der Waals surface area (Å²) in [7, 11) is 3.01. The van der Waals surface area contributed by atoms with Gasteiger partial charge in [-0.2, -0.15) is 4.89 Å². The first kappa shape index (κ1) is 14.3. The van der Waals surface area contributed by atoms with Gasteiger partial charge in [0.25, 0.3) is 0 Å². The van der Waals surface area contributed by atoms with Gasteiger partial charge in [-0.25, -0.2) is 4.79 Å². The fraction of sp³-hybridized carbons (Fsp3) is 0.462. The Morgan fingerprint density at radius 3 is 2.50 bits per heavy atom. The van der Waals surface area contributed by atoms with Gasteiger partial charge in [-0.1, -0.05) is 13.8 Å². The molecule has 0 unspecified atom stereocenters. The summed E-state index contributed by atoms with van der Waals surface area (Å²) in [6.07, 6.45) is 0. The second kappa shape index (κ2) is 6.86. The molecule has 0 atom stereocenters. The Kier molecular flexibility index (Phi) is 5.45. The van der Waals surface area contributed by atoms with E-state index in [1.54, 1.807) is 25.3 Å². The van der Waals surface area contributed by atoms with E-state index in [2.05, 4.69) is 0 Å². The molecule has 100 valence electrons. The van der Waals surface area contributed by atoms with Crippen molar-refractivity contribution in [1.82, 2.24) is 0 Å². The highest BCUT2D eigenvalue weighted by atomic mass is 17.2. The van der Waals surface area contributed by atoms with Gasteiger partial charge in [0.05, 0.1) is 20.8 Å². The SMILES string of the molecule is COc1ccc(C(=O)OOCC(C)C)c(OC)c1. The van der Waals surface area contributed by atoms with Crippen LogP contribution >= 0.6 is 0 Å². The van der Waals surface area contributed by atoms with Crippen LogP contribution in [0.5, 0.6) is 11.5 Å². The molecule has 0 N–H and O–H groups in total. The number of ether oxygens (including phenoxy) is 2. The molecule has 1 rings (SSSR count). The predicted molar refractivity (Wildman–Crippen MR) is 65.8 cm³/mol. The molecule has 0 heterocycles. The molecule has 0 aliphatic heterocycles. The Morgan fingerprint density at radius 2 is 1.94 bits per heavy atom. The summed E-state index contributed by atoms with van der Waals surface area (Å²) in [6, 6.07) is 4.83. The Morgan fingerprint density at radius 1 is 1.22 bits per heavy atom. The van der Waals surface area contributed by atoms with E-state index >= 15 is 0 Å². The average molecular weight is 254 g/mol. The zero-order valence-electron chi connectivity index (χ0n) is 11.1. The van der Waals surface area contributed by atoms with Crippen molar-refractivity contribution in [3.63, 3.8) is 0 Å². The van der Waals surface area contributed by atoms with Crippen LogP contribution in [0.2, 0.25) is 0 Å². The summed E-state index contributed by atoms with van der Waals surface area (Å²) < 4.78 is 10.1. The summed E-state index contributed by atoms with van der Waals surface area (Å²) in [5, 5.41) is 0. The van der Waals surface area contributed by atoms with E-state index in [1.807, 2.05) is 13.8 Å². The third kappa shape index (κ3) is 3.92. The zero-order chi connectivity index (χ0) is 13.5. The van der Waals surface area contributed by atoms with Crippen LogP contribution in [0.25, 0.3) is 0 Å². The first-order valence-corrected chi connectivity index (χ1v) is 5.64. The van der Waals surface area contributed by atoms with Crippen molar-refractivity contribution in [3.05, 3.63) is 23.8 Å². The lowest BCUT2D eigenvalue weighted by atomic mass is 10.2. The van der Waals surface area contributed by atoms with Gasteiger partial charge < -0.3 is 9.47 Å². The second-order valence-electron chi connectivity index (χ2n) is 4.12. The Balaban J connectivity index is 2.72. The van der Waals surface area contributed by atoms with Crippen molar-refractivity contribution >= 4 is 5.97 Å². The van der Waals surface area contributed by atoms with Crippen LogP contribution in [0.1, 0.15) is 24.2 Å². The maximum atomic E-state index is 11.7. The molecule has 18 heavy (non-hydrogen) atoms. The number of carbonyl (C=O) groups is 1. The molecule has 0 saturated carbocycles.